The molecule has 13 heavy (non-hydrogen) atoms. The second-order valence-corrected chi connectivity index (χ2v) is 5.36. The van der Waals surface area contributed by atoms with Gasteiger partial charge in [0.15, 0.2) is 0 Å². The maximum Gasteiger partial charge on any atom is 0.208 e. The van der Waals surface area contributed by atoms with Crippen LogP contribution in [0, 0.1) is 0 Å². The molecule has 2 N–H and O–H groups in total. The molecule has 78 valence electrons. The molecule has 1 fully saturated rings. The minimum absolute atomic E-state index is 0.126. The Morgan fingerprint density at radius 2 is 2.31 bits per heavy atom. The fourth-order valence-electron chi connectivity index (χ4n) is 1.34. The quantitative estimate of drug-likeness (QED) is 0.668. The molecule has 1 rings (SSSR count). The third-order valence-corrected chi connectivity index (χ3v) is 2.74. The van der Waals surface area contributed by atoms with E-state index in [-0.39, 0.29) is 13.1 Å². The van der Waals surface area contributed by atoms with Crippen molar-refractivity contribution in [2.24, 2.45) is 0 Å². The lowest BCUT2D eigenvalue weighted by molar-refractivity contribution is 0.127. The van der Waals surface area contributed by atoms with Crippen LogP contribution in [0.25, 0.3) is 0 Å². The second-order valence-electron chi connectivity index (χ2n) is 3.52. The van der Waals surface area contributed by atoms with E-state index in [0.29, 0.717) is 6.42 Å². The summed E-state index contributed by atoms with van der Waals surface area (Å²) in [6.45, 7) is 0.916. The monoisotopic (exact) mass is 210 g/mol. The predicted molar refractivity (Wildman–Crippen MR) is 48.8 cm³/mol. The van der Waals surface area contributed by atoms with E-state index in [0.717, 1.165) is 19.2 Å². The number of nitrogens with one attached hydrogen (secondary N) is 2. The lowest BCUT2D eigenvalue weighted by Gasteiger charge is -2.29. The largest absolute Gasteiger partial charge is 0.313 e. The highest BCUT2D eigenvalue weighted by molar-refractivity contribution is 7.88. The number of halogens is 1. The summed E-state index contributed by atoms with van der Waals surface area (Å²) in [4.78, 5) is 0. The van der Waals surface area contributed by atoms with E-state index < -0.39 is 15.7 Å². The molecule has 4 nitrogen and oxygen atoms in total. The Hall–Kier alpha value is -0.200. The van der Waals surface area contributed by atoms with E-state index in [1.165, 1.54) is 0 Å². The minimum atomic E-state index is -3.28. The molecular weight excluding hydrogens is 195 g/mol. The van der Waals surface area contributed by atoms with E-state index in [9.17, 15) is 12.8 Å². The fourth-order valence-corrected chi connectivity index (χ4v) is 1.86. The zero-order valence-electron chi connectivity index (χ0n) is 7.64. The van der Waals surface area contributed by atoms with Crippen molar-refractivity contribution in [1.29, 1.82) is 0 Å². The summed E-state index contributed by atoms with van der Waals surface area (Å²) >= 11 is 0. The molecule has 0 bridgehead atoms. The summed E-state index contributed by atoms with van der Waals surface area (Å²) in [7, 11) is -3.28. The van der Waals surface area contributed by atoms with Gasteiger partial charge >= 0.3 is 0 Å². The van der Waals surface area contributed by atoms with Crippen molar-refractivity contribution < 1.29 is 12.8 Å². The molecule has 1 aliphatic rings. The number of sulfonamides is 1. The molecule has 1 heterocycles. The van der Waals surface area contributed by atoms with Gasteiger partial charge in [-0.2, -0.15) is 0 Å². The summed E-state index contributed by atoms with van der Waals surface area (Å²) in [6.07, 6.45) is 2.21. The summed E-state index contributed by atoms with van der Waals surface area (Å²) in [5.41, 5.74) is -1.42. The van der Waals surface area contributed by atoms with Gasteiger partial charge in [-0.15, -0.1) is 0 Å². The van der Waals surface area contributed by atoms with E-state index in [2.05, 4.69) is 10.0 Å². The smallest absolute Gasteiger partial charge is 0.208 e. The van der Waals surface area contributed by atoms with E-state index in [4.69, 9.17) is 0 Å². The Labute approximate surface area is 77.9 Å². The average Bonchev–Trinajstić information content (AvgIpc) is 2.02. The SMILES string of the molecule is CS(=O)(=O)NCC1(F)CCCNC1. The minimum Gasteiger partial charge on any atom is -0.313 e. The summed E-state index contributed by atoms with van der Waals surface area (Å²) < 4.78 is 37.3. The molecule has 1 atom stereocenters. The van der Waals surface area contributed by atoms with Crippen molar-refractivity contribution in [2.45, 2.75) is 18.5 Å². The van der Waals surface area contributed by atoms with Gasteiger partial charge in [-0.1, -0.05) is 0 Å². The van der Waals surface area contributed by atoms with Crippen LogP contribution in [-0.4, -0.2) is 40.0 Å². The molecule has 0 radical (unpaired) electrons. The molecule has 1 unspecified atom stereocenters. The number of hydrogen-bond donors (Lipinski definition) is 2. The van der Waals surface area contributed by atoms with Crippen LogP contribution >= 0.6 is 0 Å². The number of piperidine rings is 1. The third kappa shape index (κ3) is 4.02. The van der Waals surface area contributed by atoms with Crippen LogP contribution in [0.3, 0.4) is 0 Å². The Balaban J connectivity index is 2.42. The Kier molecular flexibility index (Phi) is 3.26. The zero-order valence-corrected chi connectivity index (χ0v) is 8.45. The molecule has 0 spiro atoms. The van der Waals surface area contributed by atoms with Crippen LogP contribution in [0.15, 0.2) is 0 Å². The van der Waals surface area contributed by atoms with Crippen molar-refractivity contribution >= 4 is 10.0 Å². The highest BCUT2D eigenvalue weighted by Crippen LogP contribution is 2.19. The van der Waals surface area contributed by atoms with E-state index >= 15 is 0 Å². The first-order chi connectivity index (χ1) is 5.91. The molecule has 1 saturated heterocycles. The number of alkyl halides is 1. The summed E-state index contributed by atoms with van der Waals surface area (Å²) in [5, 5.41) is 2.90. The first-order valence-electron chi connectivity index (χ1n) is 4.26. The zero-order chi connectivity index (χ0) is 9.95. The Morgan fingerprint density at radius 3 is 2.77 bits per heavy atom. The van der Waals surface area contributed by atoms with Gasteiger partial charge in [-0.25, -0.2) is 17.5 Å². The standard InChI is InChI=1S/C7H15FN2O2S/c1-13(11,12)10-6-7(8)3-2-4-9-5-7/h9-10H,2-6H2,1H3. The molecule has 1 aliphatic heterocycles. The highest BCUT2D eigenvalue weighted by atomic mass is 32.2. The number of rotatable bonds is 3. The predicted octanol–water partition coefficient (Wildman–Crippen LogP) is -0.373. The molecule has 6 heteroatoms. The molecule has 0 aromatic carbocycles. The van der Waals surface area contributed by atoms with Crippen LogP contribution in [0.5, 0.6) is 0 Å². The highest BCUT2D eigenvalue weighted by Gasteiger charge is 2.32. The maximum atomic E-state index is 13.7. The van der Waals surface area contributed by atoms with Gasteiger partial charge in [0.2, 0.25) is 10.0 Å². The van der Waals surface area contributed by atoms with Gasteiger partial charge in [0, 0.05) is 13.1 Å². The first kappa shape index (κ1) is 10.9. The fraction of sp³-hybridized carbons (Fsp3) is 1.00. The maximum absolute atomic E-state index is 13.7. The van der Waals surface area contributed by atoms with Crippen molar-refractivity contribution in [3.05, 3.63) is 0 Å². The summed E-state index contributed by atoms with van der Waals surface area (Å²) in [5.74, 6) is 0. The van der Waals surface area contributed by atoms with Gasteiger partial charge in [-0.05, 0) is 19.4 Å². The average molecular weight is 210 g/mol. The Morgan fingerprint density at radius 1 is 1.62 bits per heavy atom. The normalized spacial score (nSPS) is 30.3. The van der Waals surface area contributed by atoms with Crippen molar-refractivity contribution in [2.75, 3.05) is 25.9 Å². The third-order valence-electron chi connectivity index (χ3n) is 2.07. The van der Waals surface area contributed by atoms with Crippen molar-refractivity contribution in [3.63, 3.8) is 0 Å². The van der Waals surface area contributed by atoms with Gasteiger partial charge in [-0.3, -0.25) is 0 Å². The molecule has 0 saturated carbocycles. The van der Waals surface area contributed by atoms with Gasteiger partial charge in [0.05, 0.1) is 6.26 Å². The molecule has 0 aromatic heterocycles. The second kappa shape index (κ2) is 3.89. The topological polar surface area (TPSA) is 58.2 Å². The molecule has 0 amide bonds. The van der Waals surface area contributed by atoms with Gasteiger partial charge < -0.3 is 5.32 Å². The van der Waals surface area contributed by atoms with Crippen LogP contribution in [-0.2, 0) is 10.0 Å². The van der Waals surface area contributed by atoms with Crippen LogP contribution in [0.4, 0.5) is 4.39 Å². The van der Waals surface area contributed by atoms with Crippen molar-refractivity contribution in [3.8, 4) is 0 Å². The van der Waals surface area contributed by atoms with Gasteiger partial charge in [0.25, 0.3) is 0 Å². The lowest BCUT2D eigenvalue weighted by atomic mass is 9.97. The van der Waals surface area contributed by atoms with Crippen molar-refractivity contribution in [1.82, 2.24) is 10.0 Å². The van der Waals surface area contributed by atoms with Crippen LogP contribution in [0.1, 0.15) is 12.8 Å². The Bertz CT molecular complexity index is 260. The first-order valence-corrected chi connectivity index (χ1v) is 6.15. The lowest BCUT2D eigenvalue weighted by Crippen LogP contribution is -2.49. The molecule has 0 aliphatic carbocycles. The van der Waals surface area contributed by atoms with E-state index in [1.807, 2.05) is 0 Å². The number of hydrogen-bond acceptors (Lipinski definition) is 3. The van der Waals surface area contributed by atoms with Crippen LogP contribution in [0.2, 0.25) is 0 Å². The molecular formula is C7H15FN2O2S. The molecule has 0 aromatic rings. The van der Waals surface area contributed by atoms with Crippen LogP contribution < -0.4 is 10.0 Å². The summed E-state index contributed by atoms with van der Waals surface area (Å²) in [6, 6.07) is 0. The van der Waals surface area contributed by atoms with E-state index in [1.54, 1.807) is 0 Å². The van der Waals surface area contributed by atoms with Gasteiger partial charge in [0.1, 0.15) is 5.67 Å².